The number of halogens is 1. The number of carbonyl (C=O) groups excluding carboxylic acids is 1. The van der Waals surface area contributed by atoms with Crippen molar-refractivity contribution in [3.63, 3.8) is 0 Å². The second-order valence-corrected chi connectivity index (χ2v) is 5.02. The van der Waals surface area contributed by atoms with E-state index in [0.29, 0.717) is 12.5 Å². The van der Waals surface area contributed by atoms with E-state index < -0.39 is 0 Å². The van der Waals surface area contributed by atoms with E-state index in [0.717, 1.165) is 35.9 Å². The maximum atomic E-state index is 11.8. The van der Waals surface area contributed by atoms with Gasteiger partial charge in [-0.3, -0.25) is 4.79 Å². The second kappa shape index (κ2) is 5.60. The minimum Gasteiger partial charge on any atom is -0.378 e. The molecule has 0 bridgehead atoms. The van der Waals surface area contributed by atoms with Crippen molar-refractivity contribution >= 4 is 21.7 Å². The Bertz CT molecular complexity index is 353. The van der Waals surface area contributed by atoms with Crippen molar-refractivity contribution in [2.75, 3.05) is 6.61 Å². The van der Waals surface area contributed by atoms with Gasteiger partial charge < -0.3 is 4.74 Å². The zero-order chi connectivity index (χ0) is 11.4. The Morgan fingerprint density at radius 1 is 1.38 bits per heavy atom. The van der Waals surface area contributed by atoms with Crippen LogP contribution in [0.3, 0.4) is 0 Å². The quantitative estimate of drug-likeness (QED) is 0.789. The van der Waals surface area contributed by atoms with Gasteiger partial charge in [-0.1, -0.05) is 28.1 Å². The summed E-state index contributed by atoms with van der Waals surface area (Å²) in [5, 5.41) is 0. The molecule has 1 aliphatic heterocycles. The first kappa shape index (κ1) is 11.8. The van der Waals surface area contributed by atoms with Crippen molar-refractivity contribution in [2.24, 2.45) is 0 Å². The number of hydrogen-bond donors (Lipinski definition) is 0. The molecule has 0 aromatic heterocycles. The van der Waals surface area contributed by atoms with Crippen LogP contribution >= 0.6 is 15.9 Å². The van der Waals surface area contributed by atoms with Gasteiger partial charge in [-0.2, -0.15) is 0 Å². The van der Waals surface area contributed by atoms with Crippen LogP contribution in [0, 0.1) is 0 Å². The van der Waals surface area contributed by atoms with Crippen LogP contribution in [0.15, 0.2) is 28.7 Å². The molecule has 1 fully saturated rings. The standard InChI is InChI=1S/C13H15BrO2/c14-11-5-3-10(4-6-11)13(15)8-7-12-2-1-9-16-12/h3-6,12H,1-2,7-9H2. The summed E-state index contributed by atoms with van der Waals surface area (Å²) < 4.78 is 6.50. The maximum Gasteiger partial charge on any atom is 0.162 e. The molecular formula is C13H15BrO2. The summed E-state index contributed by atoms with van der Waals surface area (Å²) >= 11 is 3.36. The lowest BCUT2D eigenvalue weighted by Gasteiger charge is -2.08. The van der Waals surface area contributed by atoms with Gasteiger partial charge in [0.2, 0.25) is 0 Å². The van der Waals surface area contributed by atoms with Gasteiger partial charge in [0.25, 0.3) is 0 Å². The third kappa shape index (κ3) is 3.16. The monoisotopic (exact) mass is 282 g/mol. The van der Waals surface area contributed by atoms with Gasteiger partial charge >= 0.3 is 0 Å². The predicted octanol–water partition coefficient (Wildman–Crippen LogP) is 3.59. The minimum atomic E-state index is 0.211. The summed E-state index contributed by atoms with van der Waals surface area (Å²) in [6, 6.07) is 7.53. The molecule has 1 saturated heterocycles. The summed E-state index contributed by atoms with van der Waals surface area (Å²) in [5.41, 5.74) is 0.793. The zero-order valence-corrected chi connectivity index (χ0v) is 10.7. The summed E-state index contributed by atoms with van der Waals surface area (Å²) in [7, 11) is 0. The molecular weight excluding hydrogens is 268 g/mol. The Labute approximate surface area is 104 Å². The fourth-order valence-electron chi connectivity index (χ4n) is 1.94. The van der Waals surface area contributed by atoms with E-state index in [1.165, 1.54) is 0 Å². The van der Waals surface area contributed by atoms with Crippen LogP contribution in [0.1, 0.15) is 36.0 Å². The van der Waals surface area contributed by atoms with Crippen LogP contribution in [0.5, 0.6) is 0 Å². The lowest BCUT2D eigenvalue weighted by molar-refractivity contribution is 0.0859. The van der Waals surface area contributed by atoms with E-state index in [1.54, 1.807) is 0 Å². The first-order chi connectivity index (χ1) is 7.75. The number of ether oxygens (including phenoxy) is 1. The fraction of sp³-hybridized carbons (Fsp3) is 0.462. The molecule has 1 aliphatic rings. The molecule has 0 N–H and O–H groups in total. The van der Waals surface area contributed by atoms with Crippen LogP contribution in [0.2, 0.25) is 0 Å². The van der Waals surface area contributed by atoms with E-state index in [4.69, 9.17) is 4.74 Å². The predicted molar refractivity (Wildman–Crippen MR) is 66.7 cm³/mol. The Morgan fingerprint density at radius 3 is 2.75 bits per heavy atom. The number of Topliss-reactive ketones (excluding diaryl/α,β-unsaturated/α-hetero) is 1. The molecule has 1 unspecified atom stereocenters. The molecule has 86 valence electrons. The number of benzene rings is 1. The lowest BCUT2D eigenvalue weighted by atomic mass is 10.0. The topological polar surface area (TPSA) is 26.3 Å². The molecule has 2 nitrogen and oxygen atoms in total. The van der Waals surface area contributed by atoms with Gasteiger partial charge in [-0.25, -0.2) is 0 Å². The summed E-state index contributed by atoms with van der Waals surface area (Å²) in [6.45, 7) is 0.858. The van der Waals surface area contributed by atoms with E-state index in [9.17, 15) is 4.79 Å². The maximum absolute atomic E-state index is 11.8. The molecule has 1 heterocycles. The van der Waals surface area contributed by atoms with Crippen LogP contribution in [0.25, 0.3) is 0 Å². The van der Waals surface area contributed by atoms with E-state index in [2.05, 4.69) is 15.9 Å². The molecule has 3 heteroatoms. The van der Waals surface area contributed by atoms with Crippen molar-refractivity contribution in [2.45, 2.75) is 31.8 Å². The molecule has 0 spiro atoms. The van der Waals surface area contributed by atoms with Gasteiger partial charge in [-0.05, 0) is 31.4 Å². The molecule has 0 saturated carbocycles. The third-order valence-electron chi connectivity index (χ3n) is 2.88. The summed E-state index contributed by atoms with van der Waals surface area (Å²) in [6.07, 6.45) is 3.99. The van der Waals surface area contributed by atoms with Crippen molar-refractivity contribution in [1.29, 1.82) is 0 Å². The Hall–Kier alpha value is -0.670. The molecule has 0 radical (unpaired) electrons. The third-order valence-corrected chi connectivity index (χ3v) is 3.41. The van der Waals surface area contributed by atoms with Crippen LogP contribution in [-0.4, -0.2) is 18.5 Å². The van der Waals surface area contributed by atoms with Crippen LogP contribution in [-0.2, 0) is 4.74 Å². The normalized spacial score (nSPS) is 19.9. The van der Waals surface area contributed by atoms with Crippen molar-refractivity contribution in [1.82, 2.24) is 0 Å². The fourth-order valence-corrected chi connectivity index (χ4v) is 2.21. The Balaban J connectivity index is 1.85. The number of carbonyl (C=O) groups is 1. The number of hydrogen-bond acceptors (Lipinski definition) is 2. The van der Waals surface area contributed by atoms with E-state index in [-0.39, 0.29) is 5.78 Å². The zero-order valence-electron chi connectivity index (χ0n) is 9.12. The van der Waals surface area contributed by atoms with Gasteiger partial charge in [0.05, 0.1) is 6.10 Å². The first-order valence-electron chi connectivity index (χ1n) is 5.66. The largest absolute Gasteiger partial charge is 0.378 e. The molecule has 1 aromatic rings. The average molecular weight is 283 g/mol. The molecule has 0 aliphatic carbocycles. The molecule has 1 atom stereocenters. The van der Waals surface area contributed by atoms with Crippen molar-refractivity contribution in [3.8, 4) is 0 Å². The number of rotatable bonds is 4. The van der Waals surface area contributed by atoms with Crippen LogP contribution < -0.4 is 0 Å². The first-order valence-corrected chi connectivity index (χ1v) is 6.45. The summed E-state index contributed by atoms with van der Waals surface area (Å²) in [4.78, 5) is 11.8. The van der Waals surface area contributed by atoms with Gasteiger partial charge in [-0.15, -0.1) is 0 Å². The van der Waals surface area contributed by atoms with Crippen LogP contribution in [0.4, 0.5) is 0 Å². The van der Waals surface area contributed by atoms with Crippen molar-refractivity contribution in [3.05, 3.63) is 34.3 Å². The molecule has 1 aromatic carbocycles. The smallest absolute Gasteiger partial charge is 0.162 e. The lowest BCUT2D eigenvalue weighted by Crippen LogP contribution is -2.08. The van der Waals surface area contributed by atoms with Gasteiger partial charge in [0.15, 0.2) is 5.78 Å². The van der Waals surface area contributed by atoms with E-state index in [1.807, 2.05) is 24.3 Å². The Morgan fingerprint density at radius 2 is 2.12 bits per heavy atom. The summed E-state index contributed by atoms with van der Waals surface area (Å²) in [5.74, 6) is 0.211. The highest BCUT2D eigenvalue weighted by molar-refractivity contribution is 9.10. The van der Waals surface area contributed by atoms with E-state index >= 15 is 0 Å². The molecule has 16 heavy (non-hydrogen) atoms. The minimum absolute atomic E-state index is 0.211. The van der Waals surface area contributed by atoms with Gasteiger partial charge in [0, 0.05) is 23.1 Å². The molecule has 2 rings (SSSR count). The SMILES string of the molecule is O=C(CCC1CCCO1)c1ccc(Br)cc1. The number of ketones is 1. The average Bonchev–Trinajstić information content (AvgIpc) is 2.80. The highest BCUT2D eigenvalue weighted by atomic mass is 79.9. The highest BCUT2D eigenvalue weighted by Gasteiger charge is 2.17. The highest BCUT2D eigenvalue weighted by Crippen LogP contribution is 2.19. The van der Waals surface area contributed by atoms with Gasteiger partial charge in [0.1, 0.15) is 0 Å². The van der Waals surface area contributed by atoms with Crippen molar-refractivity contribution < 1.29 is 9.53 Å². The Kier molecular flexibility index (Phi) is 4.13. The molecule has 0 amide bonds. The second-order valence-electron chi connectivity index (χ2n) is 4.10.